The lowest BCUT2D eigenvalue weighted by Crippen LogP contribution is -2.44. The van der Waals surface area contributed by atoms with Gasteiger partial charge in [-0.3, -0.25) is 9.59 Å². The second-order valence-corrected chi connectivity index (χ2v) is 9.64. The molecule has 0 aliphatic carbocycles. The molecule has 2 aromatic rings. The van der Waals surface area contributed by atoms with Crippen LogP contribution in [0.25, 0.3) is 11.3 Å². The fourth-order valence-corrected chi connectivity index (χ4v) is 3.07. The Bertz CT molecular complexity index is 980. The maximum absolute atomic E-state index is 11.9. The smallest absolute Gasteiger partial charge is 0.317 e. The maximum Gasteiger partial charge on any atom is 0.317 e. The van der Waals surface area contributed by atoms with Crippen LogP contribution in [0.15, 0.2) is 27.9 Å². The number of aromatic hydroxyl groups is 1. The van der Waals surface area contributed by atoms with Crippen LogP contribution in [0.2, 0.25) is 0 Å². The molecule has 0 aliphatic rings. The lowest BCUT2D eigenvalue weighted by molar-refractivity contribution is -0.144. The van der Waals surface area contributed by atoms with Crippen LogP contribution in [-0.2, 0) is 27.0 Å². The zero-order valence-corrected chi connectivity index (χ0v) is 19.0. The molecule has 2 unspecified atom stereocenters. The normalized spacial score (nSPS) is 14.0. The number of benzene rings is 1. The number of hydrogen-bond donors (Lipinski definition) is 4. The zero-order valence-electron chi connectivity index (χ0n) is 19.0. The van der Waals surface area contributed by atoms with Gasteiger partial charge in [0.15, 0.2) is 18.0 Å². The molecule has 32 heavy (non-hydrogen) atoms. The second-order valence-electron chi connectivity index (χ2n) is 9.64. The standard InChI is InChI=1S/C22H29N3O7/c1-21(2,3)13-7-11(8-14(16(13)26)22(4,5)6)15-9-12(32-25-15)10-23-19(29)17(27)18(28)20(30)24-31/h7-9,17-18,26-28H,10H2,1-6H3,(H,23,29). The van der Waals surface area contributed by atoms with Crippen molar-refractivity contribution in [3.05, 3.63) is 40.0 Å². The first-order chi connectivity index (χ1) is 14.7. The maximum atomic E-state index is 11.9. The summed E-state index contributed by atoms with van der Waals surface area (Å²) in [6, 6.07) is 5.26. The van der Waals surface area contributed by atoms with E-state index in [1.165, 1.54) is 0 Å². The van der Waals surface area contributed by atoms with Gasteiger partial charge in [-0.2, -0.15) is 0 Å². The molecule has 1 aromatic heterocycles. The van der Waals surface area contributed by atoms with Crippen LogP contribution in [-0.4, -0.2) is 44.5 Å². The third kappa shape index (κ3) is 5.57. The molecule has 1 aromatic carbocycles. The highest BCUT2D eigenvalue weighted by Crippen LogP contribution is 2.41. The average molecular weight is 447 g/mol. The van der Waals surface area contributed by atoms with Crippen molar-refractivity contribution in [3.8, 4) is 17.0 Å². The van der Waals surface area contributed by atoms with Crippen LogP contribution >= 0.6 is 0 Å². The fraction of sp³-hybridized carbons (Fsp3) is 0.500. The minimum absolute atomic E-state index is 0.186. The molecule has 174 valence electrons. The molecule has 1 heterocycles. The van der Waals surface area contributed by atoms with Crippen molar-refractivity contribution < 1.29 is 29.4 Å². The highest BCUT2D eigenvalue weighted by Gasteiger charge is 2.31. The van der Waals surface area contributed by atoms with Crippen molar-refractivity contribution >= 4 is 11.8 Å². The molecule has 0 bridgehead atoms. The Balaban J connectivity index is 2.28. The molecule has 2 amide bonds. The van der Waals surface area contributed by atoms with Gasteiger partial charge in [0.2, 0.25) is 0 Å². The minimum Gasteiger partial charge on any atom is -0.507 e. The van der Waals surface area contributed by atoms with Gasteiger partial charge in [-0.05, 0) is 23.0 Å². The van der Waals surface area contributed by atoms with Gasteiger partial charge in [-0.15, -0.1) is 4.91 Å². The Kier molecular flexibility index (Phi) is 7.21. The summed E-state index contributed by atoms with van der Waals surface area (Å²) in [5.41, 5.74) is 2.05. The topological polar surface area (TPSA) is 162 Å². The van der Waals surface area contributed by atoms with E-state index in [0.29, 0.717) is 5.69 Å². The summed E-state index contributed by atoms with van der Waals surface area (Å²) in [6.45, 7) is 11.8. The fourth-order valence-electron chi connectivity index (χ4n) is 3.07. The average Bonchev–Trinajstić information content (AvgIpc) is 3.17. The summed E-state index contributed by atoms with van der Waals surface area (Å²) in [5.74, 6) is -2.15. The van der Waals surface area contributed by atoms with Crippen molar-refractivity contribution in [2.24, 2.45) is 5.18 Å². The lowest BCUT2D eigenvalue weighted by atomic mass is 9.78. The van der Waals surface area contributed by atoms with Crippen molar-refractivity contribution in [2.45, 2.75) is 71.1 Å². The van der Waals surface area contributed by atoms with Crippen molar-refractivity contribution in [2.75, 3.05) is 0 Å². The largest absolute Gasteiger partial charge is 0.507 e. The number of phenolic OH excluding ortho intramolecular Hbond substituents is 1. The van der Waals surface area contributed by atoms with E-state index in [9.17, 15) is 29.8 Å². The number of rotatable bonds is 6. The number of amides is 2. The van der Waals surface area contributed by atoms with Gasteiger partial charge in [0.25, 0.3) is 5.91 Å². The molecule has 10 nitrogen and oxygen atoms in total. The first-order valence-electron chi connectivity index (χ1n) is 10.0. The molecule has 0 saturated heterocycles. The predicted octanol–water partition coefficient (Wildman–Crippen LogP) is 2.27. The SMILES string of the molecule is CC(C)(C)c1cc(-c2cc(CNC(=O)C(O)C(O)C(=O)N=O)on2)cc(C(C)(C)C)c1O. The number of aromatic nitrogens is 1. The molecular formula is C22H29N3O7. The van der Waals surface area contributed by atoms with Crippen LogP contribution in [0.4, 0.5) is 0 Å². The number of phenols is 1. The van der Waals surface area contributed by atoms with Crippen molar-refractivity contribution in [1.82, 2.24) is 10.5 Å². The molecule has 2 rings (SSSR count). The Morgan fingerprint density at radius 2 is 1.56 bits per heavy atom. The summed E-state index contributed by atoms with van der Waals surface area (Å²) in [5, 5.41) is 38.2. The van der Waals surface area contributed by atoms with Crippen LogP contribution in [0.3, 0.4) is 0 Å². The van der Waals surface area contributed by atoms with Crippen molar-refractivity contribution in [1.29, 1.82) is 0 Å². The Hall–Kier alpha value is -3.11. The summed E-state index contributed by atoms with van der Waals surface area (Å²) < 4.78 is 5.25. The van der Waals surface area contributed by atoms with Gasteiger partial charge >= 0.3 is 5.91 Å². The highest BCUT2D eigenvalue weighted by atomic mass is 16.5. The Morgan fingerprint density at radius 3 is 2.03 bits per heavy atom. The van der Waals surface area contributed by atoms with Crippen LogP contribution in [0.1, 0.15) is 58.4 Å². The minimum atomic E-state index is -2.25. The van der Waals surface area contributed by atoms with Gasteiger partial charge in [0, 0.05) is 27.9 Å². The van der Waals surface area contributed by atoms with Gasteiger partial charge in [-0.25, -0.2) is 0 Å². The van der Waals surface area contributed by atoms with Crippen LogP contribution in [0, 0.1) is 4.91 Å². The van der Waals surface area contributed by atoms with E-state index in [4.69, 9.17) is 4.52 Å². The van der Waals surface area contributed by atoms with Crippen LogP contribution < -0.4 is 5.32 Å². The van der Waals surface area contributed by atoms with Gasteiger partial charge in [-0.1, -0.05) is 46.7 Å². The first kappa shape index (κ1) is 25.2. The second kappa shape index (κ2) is 9.17. The van der Waals surface area contributed by atoms with E-state index in [1.807, 2.05) is 58.9 Å². The summed E-state index contributed by atoms with van der Waals surface area (Å²) >= 11 is 0. The van der Waals surface area contributed by atoms with E-state index in [-0.39, 0.29) is 28.9 Å². The summed E-state index contributed by atoms with van der Waals surface area (Å²) in [7, 11) is 0. The molecule has 2 atom stereocenters. The van der Waals surface area contributed by atoms with Gasteiger partial charge < -0.3 is 25.2 Å². The number of aliphatic hydroxyl groups is 2. The molecule has 0 fully saturated rings. The van der Waals surface area contributed by atoms with E-state index in [0.717, 1.165) is 16.7 Å². The molecular weight excluding hydrogens is 418 g/mol. The number of nitrogens with one attached hydrogen (secondary N) is 1. The monoisotopic (exact) mass is 447 g/mol. The van der Waals surface area contributed by atoms with E-state index in [2.05, 4.69) is 10.5 Å². The van der Waals surface area contributed by atoms with Gasteiger partial charge in [0.1, 0.15) is 11.4 Å². The number of carbonyl (C=O) groups is 2. The van der Waals surface area contributed by atoms with E-state index < -0.39 is 24.0 Å². The number of hydrogen-bond acceptors (Lipinski definition) is 8. The lowest BCUT2D eigenvalue weighted by Gasteiger charge is -2.28. The molecule has 0 radical (unpaired) electrons. The Labute approximate surface area is 185 Å². The molecule has 0 saturated carbocycles. The number of aliphatic hydroxyl groups excluding tert-OH is 2. The molecule has 0 aliphatic heterocycles. The molecule has 4 N–H and O–H groups in total. The Morgan fingerprint density at radius 1 is 1.03 bits per heavy atom. The van der Waals surface area contributed by atoms with Crippen molar-refractivity contribution in [3.63, 3.8) is 0 Å². The predicted molar refractivity (Wildman–Crippen MR) is 116 cm³/mol. The molecule has 10 heteroatoms. The van der Waals surface area contributed by atoms with Crippen LogP contribution in [0.5, 0.6) is 5.75 Å². The molecule has 0 spiro atoms. The third-order valence-corrected chi connectivity index (χ3v) is 4.93. The third-order valence-electron chi connectivity index (χ3n) is 4.93. The van der Waals surface area contributed by atoms with E-state index in [1.54, 1.807) is 6.07 Å². The van der Waals surface area contributed by atoms with Gasteiger partial charge in [0.05, 0.1) is 6.54 Å². The summed E-state index contributed by atoms with van der Waals surface area (Å²) in [4.78, 5) is 33.0. The van der Waals surface area contributed by atoms with E-state index >= 15 is 0 Å². The quantitative estimate of drug-likeness (QED) is 0.490. The highest BCUT2D eigenvalue weighted by molar-refractivity contribution is 5.90. The number of nitroso groups, excluding NO2 is 1. The number of carbonyl (C=O) groups excluding carboxylic acids is 2. The summed E-state index contributed by atoms with van der Waals surface area (Å²) in [6.07, 6.45) is -4.40. The first-order valence-corrected chi connectivity index (χ1v) is 10.0. The zero-order chi connectivity index (χ0) is 24.4. The number of nitrogens with zero attached hydrogens (tertiary/aromatic N) is 2.